The van der Waals surface area contributed by atoms with Crippen molar-refractivity contribution >= 4 is 23.2 Å². The summed E-state index contributed by atoms with van der Waals surface area (Å²) < 4.78 is 7.33. The van der Waals surface area contributed by atoms with Crippen molar-refractivity contribution in [1.82, 2.24) is 4.57 Å². The number of nitriles is 2. The van der Waals surface area contributed by atoms with E-state index in [1.807, 2.05) is 30.3 Å². The fraction of sp³-hybridized carbons (Fsp3) is 0.0800. The number of halogens is 1. The molecule has 1 unspecified atom stereocenters. The van der Waals surface area contributed by atoms with Gasteiger partial charge in [-0.05, 0) is 42.3 Å². The van der Waals surface area contributed by atoms with Crippen molar-refractivity contribution in [2.45, 2.75) is 12.8 Å². The Balaban J connectivity index is 1.62. The van der Waals surface area contributed by atoms with Gasteiger partial charge in [-0.2, -0.15) is 10.5 Å². The third-order valence-electron chi connectivity index (χ3n) is 5.07. The molecule has 0 aliphatic rings. The van der Waals surface area contributed by atoms with Gasteiger partial charge < -0.3 is 9.73 Å². The largest absolute Gasteiger partial charge is 0.443 e. The summed E-state index contributed by atoms with van der Waals surface area (Å²) in [6.45, 7) is 1.64. The van der Waals surface area contributed by atoms with Crippen molar-refractivity contribution in [3.05, 3.63) is 106 Å². The Labute approximate surface area is 189 Å². The molecule has 0 aliphatic carbocycles. The molecule has 4 aromatic rings. The predicted octanol–water partition coefficient (Wildman–Crippen LogP) is 5.81. The Kier molecular flexibility index (Phi) is 5.81. The van der Waals surface area contributed by atoms with Gasteiger partial charge in [-0.15, -0.1) is 0 Å². The van der Waals surface area contributed by atoms with E-state index >= 15 is 0 Å². The van der Waals surface area contributed by atoms with Crippen LogP contribution in [0.5, 0.6) is 0 Å². The van der Waals surface area contributed by atoms with Crippen LogP contribution in [-0.4, -0.2) is 10.5 Å². The Morgan fingerprint density at radius 2 is 1.81 bits per heavy atom. The zero-order valence-electron chi connectivity index (χ0n) is 17.0. The number of carbonyl (C=O) groups is 1. The monoisotopic (exact) mass is 440 g/mol. The number of benzene rings is 2. The summed E-state index contributed by atoms with van der Waals surface area (Å²) in [6, 6.07) is 22.3. The van der Waals surface area contributed by atoms with Gasteiger partial charge in [0.2, 0.25) is 5.88 Å². The Morgan fingerprint density at radius 1 is 1.09 bits per heavy atom. The van der Waals surface area contributed by atoms with Gasteiger partial charge in [0.25, 0.3) is 5.91 Å². The summed E-state index contributed by atoms with van der Waals surface area (Å²) in [5.41, 5.74) is 2.23. The van der Waals surface area contributed by atoms with Gasteiger partial charge in [0, 0.05) is 23.1 Å². The molecular weight excluding hydrogens is 424 g/mol. The summed E-state index contributed by atoms with van der Waals surface area (Å²) in [4.78, 5) is 13.0. The van der Waals surface area contributed by atoms with Gasteiger partial charge >= 0.3 is 0 Å². The minimum Gasteiger partial charge on any atom is -0.443 e. The molecule has 32 heavy (non-hydrogen) atoms. The maximum atomic E-state index is 13.0. The van der Waals surface area contributed by atoms with Gasteiger partial charge in [-0.1, -0.05) is 48.0 Å². The number of hydrogen-bond donors (Lipinski definition) is 1. The van der Waals surface area contributed by atoms with Crippen LogP contribution in [-0.2, 0) is 0 Å². The predicted molar refractivity (Wildman–Crippen MR) is 121 cm³/mol. The third-order valence-corrected chi connectivity index (χ3v) is 5.40. The number of amides is 1. The maximum absolute atomic E-state index is 13.0. The molecule has 2 aromatic heterocycles. The zero-order chi connectivity index (χ0) is 22.7. The van der Waals surface area contributed by atoms with E-state index in [0.29, 0.717) is 22.0 Å². The topological polar surface area (TPSA) is 94.8 Å². The van der Waals surface area contributed by atoms with Crippen molar-refractivity contribution in [3.63, 3.8) is 0 Å². The lowest BCUT2D eigenvalue weighted by Crippen LogP contribution is -2.14. The summed E-state index contributed by atoms with van der Waals surface area (Å²) in [7, 11) is 0. The molecule has 1 atom stereocenters. The molecule has 0 aliphatic heterocycles. The van der Waals surface area contributed by atoms with Gasteiger partial charge in [-0.25, -0.2) is 0 Å². The van der Waals surface area contributed by atoms with Crippen LogP contribution in [0, 0.1) is 29.6 Å². The minimum atomic E-state index is -0.529. The highest BCUT2D eigenvalue weighted by atomic mass is 35.5. The fourth-order valence-corrected chi connectivity index (χ4v) is 3.85. The molecule has 2 heterocycles. The molecule has 156 valence electrons. The number of nitrogens with zero attached hydrogens (tertiary/aromatic N) is 3. The lowest BCUT2D eigenvalue weighted by Gasteiger charge is -2.13. The van der Waals surface area contributed by atoms with E-state index in [1.54, 1.807) is 54.2 Å². The van der Waals surface area contributed by atoms with Gasteiger partial charge in [0.1, 0.15) is 23.0 Å². The first-order chi connectivity index (χ1) is 15.5. The molecule has 0 fully saturated rings. The second-order valence-electron chi connectivity index (χ2n) is 7.08. The number of rotatable bonds is 5. The molecule has 4 rings (SSSR count). The van der Waals surface area contributed by atoms with Crippen LogP contribution in [0.25, 0.3) is 5.88 Å². The highest BCUT2D eigenvalue weighted by Crippen LogP contribution is 2.32. The highest BCUT2D eigenvalue weighted by molar-refractivity contribution is 6.32. The quantitative estimate of drug-likeness (QED) is 0.423. The van der Waals surface area contributed by atoms with Gasteiger partial charge in [0.05, 0.1) is 12.0 Å². The van der Waals surface area contributed by atoms with E-state index in [0.717, 1.165) is 5.56 Å². The van der Waals surface area contributed by atoms with Crippen molar-refractivity contribution < 1.29 is 9.21 Å². The molecule has 0 saturated heterocycles. The van der Waals surface area contributed by atoms with Crippen molar-refractivity contribution in [1.29, 1.82) is 10.5 Å². The SMILES string of the molecule is Cc1oc(-n2cccc2)c(C#N)c1C(=O)Nc1ccc(C(C#N)c2ccccc2)c(Cl)c1. The Bertz CT molecular complexity index is 1360. The Hall–Kier alpha value is -4.26. The molecule has 6 nitrogen and oxygen atoms in total. The standard InChI is InChI=1S/C25H17ClN4O2/c1-16-23(21(15-28)25(32-16)30-11-5-6-12-30)24(31)29-18-9-10-19(22(26)13-18)20(14-27)17-7-3-2-4-8-17/h2-13,20H,1H3,(H,29,31). The third kappa shape index (κ3) is 3.88. The fourth-order valence-electron chi connectivity index (χ4n) is 3.56. The minimum absolute atomic E-state index is 0.146. The first-order valence-electron chi connectivity index (χ1n) is 9.75. The van der Waals surface area contributed by atoms with Gasteiger partial charge in [0.15, 0.2) is 0 Å². The summed E-state index contributed by atoms with van der Waals surface area (Å²) >= 11 is 6.47. The lowest BCUT2D eigenvalue weighted by atomic mass is 9.92. The second-order valence-corrected chi connectivity index (χ2v) is 7.49. The highest BCUT2D eigenvalue weighted by Gasteiger charge is 2.25. The molecule has 0 saturated carbocycles. The first-order valence-corrected chi connectivity index (χ1v) is 10.1. The van der Waals surface area contributed by atoms with Crippen LogP contribution in [0.4, 0.5) is 5.69 Å². The number of hydrogen-bond acceptors (Lipinski definition) is 4. The first kappa shape index (κ1) is 21.0. The molecule has 7 heteroatoms. The average molecular weight is 441 g/mol. The van der Waals surface area contributed by atoms with Crippen molar-refractivity contribution in [2.24, 2.45) is 0 Å². The average Bonchev–Trinajstić information content (AvgIpc) is 3.44. The van der Waals surface area contributed by atoms with E-state index < -0.39 is 11.8 Å². The van der Waals surface area contributed by atoms with Crippen LogP contribution in [0.15, 0.2) is 77.5 Å². The normalized spacial score (nSPS) is 11.4. The number of anilines is 1. The molecule has 0 radical (unpaired) electrons. The number of aryl methyl sites for hydroxylation is 1. The smallest absolute Gasteiger partial charge is 0.260 e. The van der Waals surface area contributed by atoms with E-state index in [4.69, 9.17) is 16.0 Å². The van der Waals surface area contributed by atoms with Crippen molar-refractivity contribution in [2.75, 3.05) is 5.32 Å². The van der Waals surface area contributed by atoms with E-state index in [2.05, 4.69) is 17.5 Å². The molecular formula is C25H17ClN4O2. The lowest BCUT2D eigenvalue weighted by molar-refractivity contribution is 0.102. The van der Waals surface area contributed by atoms with Crippen LogP contribution < -0.4 is 5.32 Å². The Morgan fingerprint density at radius 3 is 2.44 bits per heavy atom. The number of carbonyl (C=O) groups excluding carboxylic acids is 1. The van der Waals surface area contributed by atoms with Gasteiger partial charge in [-0.3, -0.25) is 9.36 Å². The van der Waals surface area contributed by atoms with Crippen LogP contribution in [0.1, 0.15) is 38.7 Å². The summed E-state index contributed by atoms with van der Waals surface area (Å²) in [5.74, 6) is -0.392. The van der Waals surface area contributed by atoms with E-state index in [1.165, 1.54) is 0 Å². The van der Waals surface area contributed by atoms with Crippen LogP contribution in [0.2, 0.25) is 5.02 Å². The molecule has 1 N–H and O–H groups in total. The van der Waals surface area contributed by atoms with E-state index in [9.17, 15) is 15.3 Å². The number of furan rings is 1. The van der Waals surface area contributed by atoms with Crippen molar-refractivity contribution in [3.8, 4) is 18.0 Å². The molecule has 1 amide bonds. The number of nitrogens with one attached hydrogen (secondary N) is 1. The molecule has 2 aromatic carbocycles. The van der Waals surface area contributed by atoms with E-state index in [-0.39, 0.29) is 17.0 Å². The molecule has 0 spiro atoms. The van der Waals surface area contributed by atoms with Crippen LogP contribution in [0.3, 0.4) is 0 Å². The maximum Gasteiger partial charge on any atom is 0.260 e. The molecule has 0 bridgehead atoms. The summed E-state index contributed by atoms with van der Waals surface area (Å²) in [5, 5.41) is 22.4. The summed E-state index contributed by atoms with van der Waals surface area (Å²) in [6.07, 6.45) is 3.47. The number of aromatic nitrogens is 1. The zero-order valence-corrected chi connectivity index (χ0v) is 17.8. The second kappa shape index (κ2) is 8.85. The van der Waals surface area contributed by atoms with Crippen LogP contribution >= 0.6 is 11.6 Å².